The summed E-state index contributed by atoms with van der Waals surface area (Å²) >= 11 is 8.23. The molecular weight excluding hydrogens is 536 g/mol. The van der Waals surface area contributed by atoms with Gasteiger partial charge in [0.15, 0.2) is 5.17 Å². The van der Waals surface area contributed by atoms with Crippen LogP contribution >= 0.6 is 43.6 Å². The van der Waals surface area contributed by atoms with Crippen LogP contribution in [-0.2, 0) is 4.79 Å². The first-order valence-electron chi connectivity index (χ1n) is 8.62. The predicted molar refractivity (Wildman–Crippen MR) is 126 cm³/mol. The van der Waals surface area contributed by atoms with Crippen molar-refractivity contribution < 1.29 is 19.4 Å². The Balaban J connectivity index is 1.86. The van der Waals surface area contributed by atoms with Gasteiger partial charge in [0.05, 0.1) is 25.1 Å². The van der Waals surface area contributed by atoms with E-state index in [1.807, 2.05) is 12.1 Å². The predicted octanol–water partition coefficient (Wildman–Crippen LogP) is 5.71. The maximum absolute atomic E-state index is 12.7. The monoisotopic (exact) mass is 550 g/mol. The Morgan fingerprint density at radius 1 is 1.27 bits per heavy atom. The molecule has 1 amide bonds. The summed E-state index contributed by atoms with van der Waals surface area (Å²) in [5.74, 6) is -0.507. The maximum atomic E-state index is 12.7. The quantitative estimate of drug-likeness (QED) is 0.367. The molecule has 1 aliphatic rings. The lowest BCUT2D eigenvalue weighted by molar-refractivity contribution is -0.121. The summed E-state index contributed by atoms with van der Waals surface area (Å²) in [6, 6.07) is 9.89. The zero-order valence-corrected chi connectivity index (χ0v) is 19.8. The third-order valence-corrected chi connectivity index (χ3v) is 6.24. The number of likely N-dealkylation sites (N-methyl/N-ethyl adjacent to an activating group) is 1. The fourth-order valence-electron chi connectivity index (χ4n) is 2.53. The summed E-state index contributed by atoms with van der Waals surface area (Å²) in [7, 11) is 1.65. The Bertz CT molecular complexity index is 1060. The van der Waals surface area contributed by atoms with Gasteiger partial charge in [0.1, 0.15) is 12.4 Å². The van der Waals surface area contributed by atoms with E-state index in [0.717, 1.165) is 14.5 Å². The average Bonchev–Trinajstić information content (AvgIpc) is 2.95. The molecule has 1 saturated heterocycles. The molecule has 1 N–H and O–H groups in total. The van der Waals surface area contributed by atoms with E-state index in [1.54, 1.807) is 31.3 Å². The molecule has 154 valence electrons. The van der Waals surface area contributed by atoms with E-state index in [4.69, 9.17) is 9.84 Å². The van der Waals surface area contributed by atoms with Gasteiger partial charge in [0, 0.05) is 7.05 Å². The SMILES string of the molecule is C=CCOc1c(Br)cc(C=C2SC(=Nc3ccc(C(=O)O)cc3)N(C)C2=O)cc1Br. The summed E-state index contributed by atoms with van der Waals surface area (Å²) in [4.78, 5) is 30.1. The molecule has 1 heterocycles. The molecule has 0 spiro atoms. The molecule has 0 unspecified atom stereocenters. The Morgan fingerprint density at radius 2 is 1.90 bits per heavy atom. The highest BCUT2D eigenvalue weighted by atomic mass is 79.9. The Morgan fingerprint density at radius 3 is 2.47 bits per heavy atom. The molecule has 0 aromatic heterocycles. The number of carboxylic acid groups (broad SMARTS) is 1. The van der Waals surface area contributed by atoms with Gasteiger partial charge in [-0.1, -0.05) is 12.7 Å². The van der Waals surface area contributed by atoms with Gasteiger partial charge in [-0.2, -0.15) is 0 Å². The molecular formula is C21H16Br2N2O4S. The Hall–Kier alpha value is -2.36. The van der Waals surface area contributed by atoms with Crippen molar-refractivity contribution in [1.29, 1.82) is 0 Å². The Labute approximate surface area is 194 Å². The van der Waals surface area contributed by atoms with E-state index in [0.29, 0.717) is 28.1 Å². The van der Waals surface area contributed by atoms with Crippen molar-refractivity contribution in [3.63, 3.8) is 0 Å². The van der Waals surface area contributed by atoms with Crippen LogP contribution in [0.4, 0.5) is 5.69 Å². The number of carbonyl (C=O) groups is 2. The highest BCUT2D eigenvalue weighted by Gasteiger charge is 2.30. The molecule has 6 nitrogen and oxygen atoms in total. The second kappa shape index (κ2) is 9.63. The maximum Gasteiger partial charge on any atom is 0.335 e. The van der Waals surface area contributed by atoms with Crippen LogP contribution in [0.3, 0.4) is 0 Å². The minimum atomic E-state index is -1.000. The van der Waals surface area contributed by atoms with E-state index < -0.39 is 5.97 Å². The van der Waals surface area contributed by atoms with Crippen LogP contribution in [0.5, 0.6) is 5.75 Å². The van der Waals surface area contributed by atoms with Gasteiger partial charge < -0.3 is 9.84 Å². The highest BCUT2D eigenvalue weighted by molar-refractivity contribution is 9.11. The number of carboxylic acids is 1. The van der Waals surface area contributed by atoms with Crippen molar-refractivity contribution in [2.24, 2.45) is 4.99 Å². The number of rotatable bonds is 6. The van der Waals surface area contributed by atoms with Crippen molar-refractivity contribution >= 4 is 72.4 Å². The molecule has 0 radical (unpaired) electrons. The minimum Gasteiger partial charge on any atom is -0.487 e. The van der Waals surface area contributed by atoms with Crippen LogP contribution in [0.25, 0.3) is 6.08 Å². The number of hydrogen-bond acceptors (Lipinski definition) is 5. The molecule has 2 aromatic rings. The molecule has 30 heavy (non-hydrogen) atoms. The van der Waals surface area contributed by atoms with Gasteiger partial charge in [-0.05, 0) is 91.7 Å². The van der Waals surface area contributed by atoms with Gasteiger partial charge in [0.2, 0.25) is 0 Å². The van der Waals surface area contributed by atoms with Gasteiger partial charge in [-0.3, -0.25) is 9.69 Å². The largest absolute Gasteiger partial charge is 0.487 e. The fraction of sp³-hybridized carbons (Fsp3) is 0.0952. The fourth-order valence-corrected chi connectivity index (χ4v) is 4.97. The second-order valence-corrected chi connectivity index (χ2v) is 8.85. The van der Waals surface area contributed by atoms with Crippen molar-refractivity contribution in [3.05, 3.63) is 74.0 Å². The zero-order chi connectivity index (χ0) is 21.8. The van der Waals surface area contributed by atoms with Gasteiger partial charge >= 0.3 is 5.97 Å². The van der Waals surface area contributed by atoms with Crippen LogP contribution in [0, 0.1) is 0 Å². The normalized spacial score (nSPS) is 16.4. The van der Waals surface area contributed by atoms with Gasteiger partial charge in [-0.25, -0.2) is 9.79 Å². The van der Waals surface area contributed by atoms with E-state index in [-0.39, 0.29) is 11.5 Å². The lowest BCUT2D eigenvalue weighted by Crippen LogP contribution is -2.23. The molecule has 0 atom stereocenters. The smallest absolute Gasteiger partial charge is 0.335 e. The number of aromatic carboxylic acids is 1. The summed E-state index contributed by atoms with van der Waals surface area (Å²) in [6.45, 7) is 4.02. The first-order valence-corrected chi connectivity index (χ1v) is 11.0. The lowest BCUT2D eigenvalue weighted by atomic mass is 10.2. The van der Waals surface area contributed by atoms with E-state index in [2.05, 4.69) is 43.4 Å². The van der Waals surface area contributed by atoms with Crippen LogP contribution in [0.15, 0.2) is 67.9 Å². The molecule has 0 bridgehead atoms. The molecule has 1 fully saturated rings. The van der Waals surface area contributed by atoms with Crippen molar-refractivity contribution in [2.75, 3.05) is 13.7 Å². The zero-order valence-electron chi connectivity index (χ0n) is 15.8. The van der Waals surface area contributed by atoms with Gasteiger partial charge in [-0.15, -0.1) is 0 Å². The molecule has 0 aliphatic carbocycles. The van der Waals surface area contributed by atoms with Crippen molar-refractivity contribution in [3.8, 4) is 5.75 Å². The molecule has 2 aromatic carbocycles. The minimum absolute atomic E-state index is 0.167. The third-order valence-electron chi connectivity index (χ3n) is 4.01. The lowest BCUT2D eigenvalue weighted by Gasteiger charge is -2.09. The first-order chi connectivity index (χ1) is 14.3. The average molecular weight is 552 g/mol. The Kier molecular flexibility index (Phi) is 7.17. The van der Waals surface area contributed by atoms with E-state index in [1.165, 1.54) is 28.8 Å². The summed E-state index contributed by atoms with van der Waals surface area (Å²) in [6.07, 6.45) is 3.45. The van der Waals surface area contributed by atoms with E-state index in [9.17, 15) is 9.59 Å². The standard InChI is InChI=1S/C21H16Br2N2O4S/c1-3-8-29-18-15(22)9-12(10-16(18)23)11-17-19(26)25(2)21(30-17)24-14-6-4-13(5-7-14)20(27)28/h3-7,9-11H,1,8H2,2H3,(H,27,28). The second-order valence-electron chi connectivity index (χ2n) is 6.13. The number of ether oxygens (including phenoxy) is 1. The molecule has 1 aliphatic heterocycles. The highest BCUT2D eigenvalue weighted by Crippen LogP contribution is 2.38. The number of benzene rings is 2. The number of hydrogen-bond donors (Lipinski definition) is 1. The summed E-state index contributed by atoms with van der Waals surface area (Å²) < 4.78 is 7.12. The molecule has 3 rings (SSSR count). The number of aliphatic imine (C=N–C) groups is 1. The van der Waals surface area contributed by atoms with Crippen molar-refractivity contribution in [1.82, 2.24) is 4.90 Å². The number of thioether (sulfide) groups is 1. The number of amidine groups is 1. The van der Waals surface area contributed by atoms with E-state index >= 15 is 0 Å². The van der Waals surface area contributed by atoms with Crippen molar-refractivity contribution in [2.45, 2.75) is 0 Å². The van der Waals surface area contributed by atoms with Crippen LogP contribution in [-0.4, -0.2) is 40.7 Å². The van der Waals surface area contributed by atoms with Crippen LogP contribution in [0.1, 0.15) is 15.9 Å². The van der Waals surface area contributed by atoms with Crippen LogP contribution < -0.4 is 4.74 Å². The number of halogens is 2. The van der Waals surface area contributed by atoms with Gasteiger partial charge in [0.25, 0.3) is 5.91 Å². The number of nitrogens with zero attached hydrogens (tertiary/aromatic N) is 2. The number of carbonyl (C=O) groups excluding carboxylic acids is 1. The third kappa shape index (κ3) is 5.03. The number of amides is 1. The van der Waals surface area contributed by atoms with Crippen LogP contribution in [0.2, 0.25) is 0 Å². The first kappa shape index (κ1) is 22.3. The molecule has 9 heteroatoms. The molecule has 0 saturated carbocycles. The summed E-state index contributed by atoms with van der Waals surface area (Å²) in [5, 5.41) is 9.50. The summed E-state index contributed by atoms with van der Waals surface area (Å²) in [5.41, 5.74) is 1.56. The topological polar surface area (TPSA) is 79.2 Å².